The van der Waals surface area contributed by atoms with Gasteiger partial charge in [0.05, 0.1) is 6.54 Å². The second-order valence-corrected chi connectivity index (χ2v) is 6.26. The van der Waals surface area contributed by atoms with Crippen molar-refractivity contribution in [2.75, 3.05) is 0 Å². The molecule has 126 valence electrons. The molecular formula is C17H26ClN5. The smallest absolute Gasteiger partial charge is 0.165 e. The number of aromatic nitrogens is 4. The molecule has 0 aliphatic carbocycles. The number of hydrogen-bond acceptors (Lipinski definition) is 4. The number of halogens is 1. The minimum atomic E-state index is -0.0911. The van der Waals surface area contributed by atoms with E-state index in [1.807, 2.05) is 16.8 Å². The number of benzene rings is 1. The van der Waals surface area contributed by atoms with Crippen molar-refractivity contribution >= 4 is 11.6 Å². The molecule has 0 saturated heterocycles. The lowest BCUT2D eigenvalue weighted by Gasteiger charge is -2.33. The summed E-state index contributed by atoms with van der Waals surface area (Å²) >= 11 is 6.03. The number of hydrogen-bond donors (Lipinski definition) is 1. The van der Waals surface area contributed by atoms with E-state index in [-0.39, 0.29) is 5.54 Å². The topological polar surface area (TPSA) is 55.6 Å². The minimum absolute atomic E-state index is 0.0911. The summed E-state index contributed by atoms with van der Waals surface area (Å²) in [4.78, 5) is 0. The molecule has 0 spiro atoms. The largest absolute Gasteiger partial charge is 0.300 e. The van der Waals surface area contributed by atoms with Crippen molar-refractivity contribution in [3.8, 4) is 0 Å². The SMILES string of the molecule is CCCCn1nnnc1CNC(CC)(CC)c1ccc(Cl)cc1. The second-order valence-electron chi connectivity index (χ2n) is 5.82. The van der Waals surface area contributed by atoms with Crippen molar-refractivity contribution in [2.45, 2.75) is 65.1 Å². The molecule has 2 rings (SSSR count). The third-order valence-corrected chi connectivity index (χ3v) is 4.77. The van der Waals surface area contributed by atoms with Crippen LogP contribution in [0, 0.1) is 0 Å². The molecule has 23 heavy (non-hydrogen) atoms. The molecule has 0 unspecified atom stereocenters. The highest BCUT2D eigenvalue weighted by atomic mass is 35.5. The predicted molar refractivity (Wildman–Crippen MR) is 93.3 cm³/mol. The predicted octanol–water partition coefficient (Wildman–Crippen LogP) is 3.93. The first-order valence-corrected chi connectivity index (χ1v) is 8.79. The van der Waals surface area contributed by atoms with E-state index < -0.39 is 0 Å². The number of aryl methyl sites for hydroxylation is 1. The molecule has 0 amide bonds. The average molecular weight is 336 g/mol. The molecule has 0 fully saturated rings. The van der Waals surface area contributed by atoms with E-state index in [1.165, 1.54) is 5.56 Å². The Bertz CT molecular complexity index is 589. The summed E-state index contributed by atoms with van der Waals surface area (Å²) in [5.74, 6) is 0.888. The van der Waals surface area contributed by atoms with Gasteiger partial charge in [0.1, 0.15) is 0 Å². The molecule has 0 atom stereocenters. The van der Waals surface area contributed by atoms with Gasteiger partial charge in [-0.2, -0.15) is 0 Å². The summed E-state index contributed by atoms with van der Waals surface area (Å²) in [5.41, 5.74) is 1.16. The zero-order valence-electron chi connectivity index (χ0n) is 14.2. The Hall–Kier alpha value is -1.46. The highest BCUT2D eigenvalue weighted by Crippen LogP contribution is 2.30. The highest BCUT2D eigenvalue weighted by Gasteiger charge is 2.28. The van der Waals surface area contributed by atoms with E-state index in [4.69, 9.17) is 11.6 Å². The van der Waals surface area contributed by atoms with Gasteiger partial charge in [0.25, 0.3) is 0 Å². The van der Waals surface area contributed by atoms with Crippen molar-refractivity contribution in [3.63, 3.8) is 0 Å². The van der Waals surface area contributed by atoms with Crippen molar-refractivity contribution in [3.05, 3.63) is 40.7 Å². The van der Waals surface area contributed by atoms with Crippen LogP contribution in [0.2, 0.25) is 5.02 Å². The molecule has 0 aliphatic heterocycles. The number of unbranched alkanes of at least 4 members (excludes halogenated alkanes) is 1. The summed E-state index contributed by atoms with van der Waals surface area (Å²) in [6.45, 7) is 8.09. The van der Waals surface area contributed by atoms with Gasteiger partial charge >= 0.3 is 0 Å². The molecule has 1 aromatic heterocycles. The van der Waals surface area contributed by atoms with E-state index in [0.29, 0.717) is 6.54 Å². The zero-order valence-corrected chi connectivity index (χ0v) is 15.0. The summed E-state index contributed by atoms with van der Waals surface area (Å²) in [6.07, 6.45) is 4.19. The van der Waals surface area contributed by atoms with E-state index in [1.54, 1.807) is 0 Å². The lowest BCUT2D eigenvalue weighted by atomic mass is 9.84. The molecule has 0 bridgehead atoms. The van der Waals surface area contributed by atoms with Crippen LogP contribution in [0.25, 0.3) is 0 Å². The summed E-state index contributed by atoms with van der Waals surface area (Å²) in [7, 11) is 0. The first kappa shape index (κ1) is 17.9. The molecule has 1 N–H and O–H groups in total. The first-order valence-electron chi connectivity index (χ1n) is 8.41. The summed E-state index contributed by atoms with van der Waals surface area (Å²) < 4.78 is 1.90. The lowest BCUT2D eigenvalue weighted by Crippen LogP contribution is -2.41. The molecular weight excluding hydrogens is 310 g/mol. The minimum Gasteiger partial charge on any atom is -0.300 e. The molecule has 0 saturated carbocycles. The van der Waals surface area contributed by atoms with E-state index >= 15 is 0 Å². The van der Waals surface area contributed by atoms with Gasteiger partial charge in [-0.25, -0.2) is 4.68 Å². The molecule has 0 radical (unpaired) electrons. The molecule has 2 aromatic rings. The molecule has 6 heteroatoms. The highest BCUT2D eigenvalue weighted by molar-refractivity contribution is 6.30. The average Bonchev–Trinajstić information content (AvgIpc) is 3.03. The lowest BCUT2D eigenvalue weighted by molar-refractivity contribution is 0.298. The Morgan fingerprint density at radius 2 is 1.83 bits per heavy atom. The van der Waals surface area contributed by atoms with Crippen molar-refractivity contribution < 1.29 is 0 Å². The number of rotatable bonds is 9. The van der Waals surface area contributed by atoms with Crippen molar-refractivity contribution in [1.82, 2.24) is 25.5 Å². The van der Waals surface area contributed by atoms with E-state index in [2.05, 4.69) is 53.7 Å². The Morgan fingerprint density at radius 1 is 1.13 bits per heavy atom. The van der Waals surface area contributed by atoms with Crippen LogP contribution in [0.1, 0.15) is 57.8 Å². The number of nitrogens with zero attached hydrogens (tertiary/aromatic N) is 4. The van der Waals surface area contributed by atoms with Crippen LogP contribution in [-0.4, -0.2) is 20.2 Å². The quantitative estimate of drug-likeness (QED) is 0.754. The monoisotopic (exact) mass is 335 g/mol. The van der Waals surface area contributed by atoms with E-state index in [0.717, 1.165) is 43.1 Å². The maximum absolute atomic E-state index is 6.03. The van der Waals surface area contributed by atoms with Gasteiger partial charge in [0, 0.05) is 17.1 Å². The second kappa shape index (κ2) is 8.41. The Balaban J connectivity index is 2.14. The van der Waals surface area contributed by atoms with Crippen LogP contribution >= 0.6 is 11.6 Å². The third kappa shape index (κ3) is 4.30. The van der Waals surface area contributed by atoms with Gasteiger partial charge in [-0.3, -0.25) is 0 Å². The molecule has 1 heterocycles. The standard InChI is InChI=1S/C17H26ClN5/c1-4-7-12-23-16(20-21-22-23)13-19-17(5-2,6-3)14-8-10-15(18)11-9-14/h8-11,19H,4-7,12-13H2,1-3H3. The van der Waals surface area contributed by atoms with Crippen LogP contribution in [-0.2, 0) is 18.6 Å². The normalized spacial score (nSPS) is 11.8. The third-order valence-electron chi connectivity index (χ3n) is 4.52. The van der Waals surface area contributed by atoms with Crippen LogP contribution in [0.5, 0.6) is 0 Å². The van der Waals surface area contributed by atoms with Gasteiger partial charge in [-0.1, -0.05) is 50.9 Å². The van der Waals surface area contributed by atoms with Gasteiger partial charge in [0.15, 0.2) is 5.82 Å². The van der Waals surface area contributed by atoms with Crippen LogP contribution in [0.4, 0.5) is 0 Å². The van der Waals surface area contributed by atoms with Crippen LogP contribution in [0.15, 0.2) is 24.3 Å². The fourth-order valence-electron chi connectivity index (χ4n) is 2.86. The maximum atomic E-state index is 6.03. The van der Waals surface area contributed by atoms with Crippen LogP contribution < -0.4 is 5.32 Å². The maximum Gasteiger partial charge on any atom is 0.165 e. The fraction of sp³-hybridized carbons (Fsp3) is 0.588. The first-order chi connectivity index (χ1) is 11.1. The molecule has 5 nitrogen and oxygen atoms in total. The van der Waals surface area contributed by atoms with Gasteiger partial charge in [-0.15, -0.1) is 5.10 Å². The van der Waals surface area contributed by atoms with Gasteiger partial charge in [0.2, 0.25) is 0 Å². The van der Waals surface area contributed by atoms with E-state index in [9.17, 15) is 0 Å². The van der Waals surface area contributed by atoms with Crippen LogP contribution in [0.3, 0.4) is 0 Å². The Kier molecular flexibility index (Phi) is 6.54. The molecule has 1 aromatic carbocycles. The summed E-state index contributed by atoms with van der Waals surface area (Å²) in [6, 6.07) is 8.10. The van der Waals surface area contributed by atoms with Gasteiger partial charge < -0.3 is 5.32 Å². The Labute approximate surface area is 143 Å². The van der Waals surface area contributed by atoms with Gasteiger partial charge in [-0.05, 0) is 47.4 Å². The Morgan fingerprint density at radius 3 is 2.43 bits per heavy atom. The number of nitrogens with one attached hydrogen (secondary N) is 1. The zero-order chi connectivity index (χ0) is 16.7. The fourth-order valence-corrected chi connectivity index (χ4v) is 2.98. The number of tetrazole rings is 1. The van der Waals surface area contributed by atoms with Crippen molar-refractivity contribution in [2.24, 2.45) is 0 Å². The molecule has 0 aliphatic rings. The van der Waals surface area contributed by atoms with Crippen molar-refractivity contribution in [1.29, 1.82) is 0 Å². The summed E-state index contributed by atoms with van der Waals surface area (Å²) in [5, 5.41) is 16.5.